The summed E-state index contributed by atoms with van der Waals surface area (Å²) < 4.78 is 0. The van der Waals surface area contributed by atoms with Crippen LogP contribution in [-0.2, 0) is 0 Å². The number of aromatic nitrogens is 6. The number of hydrogen-bond donors (Lipinski definition) is 0. The predicted molar refractivity (Wildman–Crippen MR) is 347 cm³/mol. The van der Waals surface area contributed by atoms with Crippen molar-refractivity contribution in [2.75, 3.05) is 0 Å². The van der Waals surface area contributed by atoms with Crippen molar-refractivity contribution < 1.29 is 0 Å². The molecule has 0 bridgehead atoms. The summed E-state index contributed by atoms with van der Waals surface area (Å²) in [6.45, 7) is 0. The lowest BCUT2D eigenvalue weighted by Gasteiger charge is -2.14. The average Bonchev–Trinajstić information content (AvgIpc) is 2.93. The molecular weight excluding hydrogens is 1020 g/mol. The number of nitrogens with zero attached hydrogens (tertiary/aromatic N) is 6. The van der Waals surface area contributed by atoms with E-state index in [0.717, 1.165) is 133 Å². The third-order valence-electron chi connectivity index (χ3n) is 16.4. The molecule has 16 rings (SSSR count). The molecule has 0 atom stereocenters. The van der Waals surface area contributed by atoms with E-state index in [2.05, 4.69) is 279 Å². The van der Waals surface area contributed by atoms with E-state index in [0.29, 0.717) is 11.6 Å². The number of hydrogen-bond acceptors (Lipinski definition) is 6. The van der Waals surface area contributed by atoms with Gasteiger partial charge < -0.3 is 0 Å². The largest absolute Gasteiger partial charge is 0.256 e. The maximum absolute atomic E-state index is 5.38. The van der Waals surface area contributed by atoms with Crippen LogP contribution in [0.15, 0.2) is 291 Å². The first-order chi connectivity index (χ1) is 41.6. The number of pyridine rings is 2. The molecule has 0 N–H and O–H groups in total. The third kappa shape index (κ3) is 8.69. The highest BCUT2D eigenvalue weighted by molar-refractivity contribution is 6.15. The Morgan fingerprint density at radius 1 is 0.190 bits per heavy atom. The first-order valence-electron chi connectivity index (χ1n) is 28.3. The topological polar surface area (TPSA) is 77.3 Å². The summed E-state index contributed by atoms with van der Waals surface area (Å²) in [6.07, 6.45) is 3.77. The Hall–Kier alpha value is -11.3. The van der Waals surface area contributed by atoms with Gasteiger partial charge >= 0.3 is 0 Å². The Balaban J connectivity index is 0.766. The standard InChI is InChI=1S/C78H48N6/c1-7-19-63-51(13-1)41-43-79-75(63)55-33-29-53(30-34-55)71-47-73(69-45-59-15-3-5-17-61(59)65-21-9-11-23-67(65)69)83-77(81-71)57-37-25-49(26-38-57)50-27-39-58(40-28-50)78-82-72(54-31-35-56(36-32-54)76-64-20-8-2-14-52(64)42-44-80-76)48-74(84-78)70-46-60-16-4-6-18-62(60)66-22-10-12-24-68(66)70/h1-48H. The molecule has 0 saturated heterocycles. The highest BCUT2D eigenvalue weighted by atomic mass is 14.9. The fourth-order valence-corrected chi connectivity index (χ4v) is 12.2. The summed E-state index contributed by atoms with van der Waals surface area (Å²) in [5.74, 6) is 1.29. The van der Waals surface area contributed by atoms with Gasteiger partial charge in [-0.2, -0.15) is 0 Å². The van der Waals surface area contributed by atoms with E-state index in [9.17, 15) is 0 Å². The lowest BCUT2D eigenvalue weighted by atomic mass is 9.94. The summed E-state index contributed by atoms with van der Waals surface area (Å²) in [4.78, 5) is 31.0. The number of fused-ring (bicyclic) bond motifs is 8. The van der Waals surface area contributed by atoms with Gasteiger partial charge in [0.25, 0.3) is 0 Å². The van der Waals surface area contributed by atoms with Crippen molar-refractivity contribution in [3.8, 4) is 101 Å². The lowest BCUT2D eigenvalue weighted by Crippen LogP contribution is -1.97. The quantitative estimate of drug-likeness (QED) is 0.134. The Kier molecular flexibility index (Phi) is 11.8. The molecule has 6 heteroatoms. The second kappa shape index (κ2) is 20.3. The van der Waals surface area contributed by atoms with Crippen LogP contribution in [0.5, 0.6) is 0 Å². The van der Waals surface area contributed by atoms with Crippen molar-refractivity contribution in [1.29, 1.82) is 0 Å². The van der Waals surface area contributed by atoms with Crippen LogP contribution in [0.3, 0.4) is 0 Å². The molecule has 16 aromatic rings. The summed E-state index contributed by atoms with van der Waals surface area (Å²) >= 11 is 0. The first-order valence-corrected chi connectivity index (χ1v) is 28.3. The minimum Gasteiger partial charge on any atom is -0.256 e. The molecule has 4 heterocycles. The van der Waals surface area contributed by atoms with Crippen molar-refractivity contribution in [2.45, 2.75) is 0 Å². The van der Waals surface area contributed by atoms with E-state index in [-0.39, 0.29) is 0 Å². The fraction of sp³-hybridized carbons (Fsp3) is 0. The molecule has 4 aromatic heterocycles. The van der Waals surface area contributed by atoms with Crippen molar-refractivity contribution in [1.82, 2.24) is 29.9 Å². The molecule has 0 unspecified atom stereocenters. The molecule has 0 amide bonds. The summed E-state index contributed by atoms with van der Waals surface area (Å²) in [7, 11) is 0. The van der Waals surface area contributed by atoms with Crippen molar-refractivity contribution >= 4 is 64.6 Å². The highest BCUT2D eigenvalue weighted by Gasteiger charge is 2.19. The summed E-state index contributed by atoms with van der Waals surface area (Å²) in [5, 5.41) is 14.0. The normalized spacial score (nSPS) is 11.6. The van der Waals surface area contributed by atoms with Crippen molar-refractivity contribution in [2.24, 2.45) is 0 Å². The Morgan fingerprint density at radius 2 is 0.488 bits per heavy atom. The lowest BCUT2D eigenvalue weighted by molar-refractivity contribution is 1.18. The smallest absolute Gasteiger partial charge is 0.160 e. The van der Waals surface area contributed by atoms with Gasteiger partial charge in [0.05, 0.1) is 34.2 Å². The van der Waals surface area contributed by atoms with Gasteiger partial charge in [0.2, 0.25) is 0 Å². The van der Waals surface area contributed by atoms with Crippen LogP contribution in [0.2, 0.25) is 0 Å². The van der Waals surface area contributed by atoms with Gasteiger partial charge in [0, 0.05) is 67.7 Å². The molecule has 390 valence electrons. The van der Waals surface area contributed by atoms with E-state index in [1.54, 1.807) is 0 Å². The molecule has 0 radical (unpaired) electrons. The van der Waals surface area contributed by atoms with Gasteiger partial charge in [-0.3, -0.25) is 9.97 Å². The minimum atomic E-state index is 0.647. The van der Waals surface area contributed by atoms with Gasteiger partial charge in [0.1, 0.15) is 0 Å². The number of rotatable bonds is 9. The van der Waals surface area contributed by atoms with E-state index >= 15 is 0 Å². The molecule has 0 spiro atoms. The summed E-state index contributed by atoms with van der Waals surface area (Å²) in [5.41, 5.74) is 15.5. The first kappa shape index (κ1) is 48.6. The maximum Gasteiger partial charge on any atom is 0.160 e. The molecule has 0 aliphatic rings. The third-order valence-corrected chi connectivity index (χ3v) is 16.4. The zero-order valence-corrected chi connectivity index (χ0v) is 45.4. The second-order valence-electron chi connectivity index (χ2n) is 21.4. The maximum atomic E-state index is 5.38. The van der Waals surface area contributed by atoms with Gasteiger partial charge in [-0.15, -0.1) is 0 Å². The zero-order chi connectivity index (χ0) is 55.5. The molecular formula is C78H48N6. The monoisotopic (exact) mass is 1070 g/mol. The van der Waals surface area contributed by atoms with Gasteiger partial charge in [0.15, 0.2) is 11.6 Å². The highest BCUT2D eigenvalue weighted by Crippen LogP contribution is 2.40. The van der Waals surface area contributed by atoms with E-state index in [1.165, 1.54) is 21.5 Å². The van der Waals surface area contributed by atoms with Crippen LogP contribution in [0.1, 0.15) is 0 Å². The van der Waals surface area contributed by atoms with Crippen LogP contribution in [-0.4, -0.2) is 29.9 Å². The fourth-order valence-electron chi connectivity index (χ4n) is 12.2. The van der Waals surface area contributed by atoms with Gasteiger partial charge in [-0.1, -0.05) is 243 Å². The average molecular weight is 1070 g/mol. The molecule has 6 nitrogen and oxygen atoms in total. The van der Waals surface area contributed by atoms with Crippen LogP contribution >= 0.6 is 0 Å². The minimum absolute atomic E-state index is 0.647. The van der Waals surface area contributed by atoms with Crippen LogP contribution in [0.25, 0.3) is 166 Å². The zero-order valence-electron chi connectivity index (χ0n) is 45.4. The summed E-state index contributed by atoms with van der Waals surface area (Å²) in [6, 6.07) is 98.5. The molecule has 0 saturated carbocycles. The molecule has 12 aromatic carbocycles. The van der Waals surface area contributed by atoms with Crippen LogP contribution in [0.4, 0.5) is 0 Å². The Bertz CT molecular complexity index is 4890. The SMILES string of the molecule is c1ccc2c(-c3ccc(-c4cc(-c5cc6ccccc6c6ccccc56)nc(-c5ccc(-c6ccc(-c7nc(-c8ccc(-c9nccc%10ccccc9%10)cc8)cc(-c8cc9ccccc9c9ccccc89)n7)cc6)cc5)n4)cc3)nccc2c1. The van der Waals surface area contributed by atoms with Gasteiger partial charge in [-0.05, 0) is 101 Å². The molecule has 0 fully saturated rings. The van der Waals surface area contributed by atoms with E-state index in [4.69, 9.17) is 29.9 Å². The second-order valence-corrected chi connectivity index (χ2v) is 21.4. The molecule has 0 aliphatic heterocycles. The Labute approximate surface area is 484 Å². The van der Waals surface area contributed by atoms with Crippen LogP contribution < -0.4 is 0 Å². The van der Waals surface area contributed by atoms with Crippen molar-refractivity contribution in [3.05, 3.63) is 291 Å². The van der Waals surface area contributed by atoms with Crippen LogP contribution in [0, 0.1) is 0 Å². The number of benzene rings is 12. The van der Waals surface area contributed by atoms with Gasteiger partial charge in [-0.25, -0.2) is 19.9 Å². The van der Waals surface area contributed by atoms with E-state index < -0.39 is 0 Å². The predicted octanol–water partition coefficient (Wildman–Crippen LogP) is 20.0. The molecule has 84 heavy (non-hydrogen) atoms. The van der Waals surface area contributed by atoms with Crippen molar-refractivity contribution in [3.63, 3.8) is 0 Å². The van der Waals surface area contributed by atoms with E-state index in [1.807, 2.05) is 12.4 Å². The molecule has 0 aliphatic carbocycles. The Morgan fingerprint density at radius 3 is 0.893 bits per heavy atom.